The maximum atomic E-state index is 14.6. The molecular formula is C31H32N6O5S2. The van der Waals surface area contributed by atoms with Crippen molar-refractivity contribution in [1.82, 2.24) is 9.80 Å². The van der Waals surface area contributed by atoms with Gasteiger partial charge in [-0.05, 0) is 73.7 Å². The number of anilines is 1. The van der Waals surface area contributed by atoms with Crippen LogP contribution in [-0.2, 0) is 25.0 Å². The number of sulfonamides is 1. The SMILES string of the molecule is CN1C(=O)[C@@]2(C)C[C@]3(c4ccc(OCCCN=[N+]=[N-])cc4)c4ccccc4N(S(=O)(=O)c4ccccc4)[C@@H]3N2C(=O)[C@]1(C)S. The fourth-order valence-corrected chi connectivity index (χ4v) is 8.84. The standard InChI is InChI=1S/C31H32N6O5S2/c1-29-20-31(21-14-16-22(17-15-21)42-19-9-18-33-34-32)24-12-7-8-13-25(24)37(44(40,41)23-10-5-4-6-11-23)26(31)36(29)28(39)30(2,43)35(3)27(29)38/h4-8,10-17,26,43H,9,18-20H2,1-3H3/t26-,29+,30-,31-/m0/s1. The number of ether oxygens (including phenoxy) is 1. The predicted octanol–water partition coefficient (Wildman–Crippen LogP) is 4.70. The van der Waals surface area contributed by atoms with Gasteiger partial charge < -0.3 is 14.5 Å². The van der Waals surface area contributed by atoms with Crippen molar-refractivity contribution in [3.05, 3.63) is 100 Å². The highest BCUT2D eigenvalue weighted by Crippen LogP contribution is 2.63. The quantitative estimate of drug-likeness (QED) is 0.126. The molecule has 3 heterocycles. The van der Waals surface area contributed by atoms with E-state index in [-0.39, 0.29) is 17.2 Å². The van der Waals surface area contributed by atoms with Gasteiger partial charge >= 0.3 is 0 Å². The van der Waals surface area contributed by atoms with E-state index >= 15 is 0 Å². The minimum Gasteiger partial charge on any atom is -0.494 e. The van der Waals surface area contributed by atoms with Crippen LogP contribution in [0.4, 0.5) is 5.69 Å². The van der Waals surface area contributed by atoms with Crippen LogP contribution in [0.5, 0.6) is 5.75 Å². The molecule has 2 saturated heterocycles. The third kappa shape index (κ3) is 4.10. The van der Waals surface area contributed by atoms with Crippen LogP contribution in [-0.4, -0.2) is 66.8 Å². The van der Waals surface area contributed by atoms with Crippen LogP contribution in [0.15, 0.2) is 88.9 Å². The number of para-hydroxylation sites is 1. The number of piperazine rings is 1. The number of nitrogens with zero attached hydrogens (tertiary/aromatic N) is 6. The van der Waals surface area contributed by atoms with Gasteiger partial charge in [-0.3, -0.25) is 9.59 Å². The van der Waals surface area contributed by atoms with E-state index in [1.807, 2.05) is 24.3 Å². The third-order valence-corrected chi connectivity index (χ3v) is 11.4. The van der Waals surface area contributed by atoms with Crippen molar-refractivity contribution >= 4 is 40.2 Å². The van der Waals surface area contributed by atoms with E-state index in [1.165, 1.54) is 26.2 Å². The zero-order chi connectivity index (χ0) is 31.5. The molecule has 0 radical (unpaired) electrons. The van der Waals surface area contributed by atoms with E-state index in [0.29, 0.717) is 36.6 Å². The summed E-state index contributed by atoms with van der Waals surface area (Å²) in [5.74, 6) is -0.198. The fraction of sp³-hybridized carbons (Fsp3) is 0.355. The lowest BCUT2D eigenvalue weighted by molar-refractivity contribution is -0.168. The molecule has 4 atom stereocenters. The lowest BCUT2D eigenvalue weighted by Crippen LogP contribution is -2.73. The van der Waals surface area contributed by atoms with Gasteiger partial charge in [0.15, 0.2) is 4.87 Å². The van der Waals surface area contributed by atoms with Gasteiger partial charge in [0, 0.05) is 18.5 Å². The van der Waals surface area contributed by atoms with Crippen molar-refractivity contribution < 1.29 is 22.7 Å². The Labute approximate surface area is 261 Å². The van der Waals surface area contributed by atoms with Gasteiger partial charge in [0.2, 0.25) is 5.91 Å². The van der Waals surface area contributed by atoms with Gasteiger partial charge in [0.25, 0.3) is 15.9 Å². The number of azide groups is 1. The van der Waals surface area contributed by atoms with Crippen molar-refractivity contribution in [2.75, 3.05) is 24.5 Å². The minimum atomic E-state index is -4.22. The molecule has 0 spiro atoms. The number of fused-ring (bicyclic) bond motifs is 5. The average Bonchev–Trinajstić information content (AvgIpc) is 3.46. The molecule has 44 heavy (non-hydrogen) atoms. The molecule has 0 bridgehead atoms. The number of thiol groups is 1. The monoisotopic (exact) mass is 632 g/mol. The summed E-state index contributed by atoms with van der Waals surface area (Å²) in [4.78, 5) is 32.7. The number of carbonyl (C=O) groups excluding carboxylic acids is 2. The van der Waals surface area contributed by atoms with Crippen molar-refractivity contribution in [2.24, 2.45) is 5.11 Å². The van der Waals surface area contributed by atoms with Crippen LogP contribution in [0.25, 0.3) is 10.4 Å². The molecule has 3 aliphatic rings. The number of benzene rings is 3. The lowest BCUT2D eigenvalue weighted by Gasteiger charge is -2.52. The van der Waals surface area contributed by atoms with E-state index < -0.39 is 37.9 Å². The Kier molecular flexibility index (Phi) is 7.10. The Morgan fingerprint density at radius 1 is 1.00 bits per heavy atom. The Morgan fingerprint density at radius 2 is 1.66 bits per heavy atom. The van der Waals surface area contributed by atoms with Crippen LogP contribution in [0.3, 0.4) is 0 Å². The first-order chi connectivity index (χ1) is 20.9. The molecule has 3 aromatic carbocycles. The molecule has 0 unspecified atom stereocenters. The molecule has 0 aliphatic carbocycles. The smallest absolute Gasteiger partial charge is 0.266 e. The molecule has 0 saturated carbocycles. The third-order valence-electron chi connectivity index (χ3n) is 9.13. The van der Waals surface area contributed by atoms with E-state index in [4.69, 9.17) is 10.3 Å². The molecule has 0 N–H and O–H groups in total. The second-order valence-electron chi connectivity index (χ2n) is 11.7. The average molecular weight is 633 g/mol. The normalized spacial score (nSPS) is 27.5. The van der Waals surface area contributed by atoms with Crippen LogP contribution >= 0.6 is 12.6 Å². The number of amides is 2. The first kappa shape index (κ1) is 29.9. The van der Waals surface area contributed by atoms with Crippen LogP contribution in [0.2, 0.25) is 0 Å². The predicted molar refractivity (Wildman–Crippen MR) is 168 cm³/mol. The number of hydrogen-bond donors (Lipinski definition) is 1. The van der Waals surface area contributed by atoms with Crippen molar-refractivity contribution in [3.63, 3.8) is 0 Å². The topological polar surface area (TPSA) is 136 Å². The molecule has 0 aromatic heterocycles. The zero-order valence-electron chi connectivity index (χ0n) is 24.5. The summed E-state index contributed by atoms with van der Waals surface area (Å²) in [6.07, 6.45) is -0.402. The molecule has 2 amide bonds. The van der Waals surface area contributed by atoms with Gasteiger partial charge in [-0.2, -0.15) is 0 Å². The molecule has 2 fully saturated rings. The van der Waals surface area contributed by atoms with Crippen molar-refractivity contribution in [1.29, 1.82) is 0 Å². The molecule has 11 nitrogen and oxygen atoms in total. The Morgan fingerprint density at radius 3 is 2.34 bits per heavy atom. The van der Waals surface area contributed by atoms with Crippen LogP contribution in [0.1, 0.15) is 37.8 Å². The van der Waals surface area contributed by atoms with Crippen molar-refractivity contribution in [2.45, 2.75) is 53.6 Å². The highest BCUT2D eigenvalue weighted by atomic mass is 32.2. The minimum absolute atomic E-state index is 0.0743. The maximum absolute atomic E-state index is 14.6. The zero-order valence-corrected chi connectivity index (χ0v) is 26.2. The van der Waals surface area contributed by atoms with Crippen LogP contribution < -0.4 is 9.04 Å². The largest absolute Gasteiger partial charge is 0.494 e. The van der Waals surface area contributed by atoms with Gasteiger partial charge in [-0.15, -0.1) is 12.6 Å². The summed E-state index contributed by atoms with van der Waals surface area (Å²) < 4.78 is 36.3. The van der Waals surface area contributed by atoms with Crippen LogP contribution in [0, 0.1) is 0 Å². The number of likely N-dealkylation sites (N-methyl/N-ethyl adjacent to an activating group) is 1. The summed E-state index contributed by atoms with van der Waals surface area (Å²) in [6, 6.07) is 22.7. The first-order valence-electron chi connectivity index (χ1n) is 14.2. The summed E-state index contributed by atoms with van der Waals surface area (Å²) in [7, 11) is -2.67. The summed E-state index contributed by atoms with van der Waals surface area (Å²) in [5.41, 5.74) is 7.90. The van der Waals surface area contributed by atoms with E-state index in [9.17, 15) is 18.0 Å². The number of rotatable bonds is 8. The van der Waals surface area contributed by atoms with Gasteiger partial charge in [0.05, 0.1) is 22.6 Å². The highest BCUT2D eigenvalue weighted by Gasteiger charge is 2.74. The molecule has 6 rings (SSSR count). The van der Waals surface area contributed by atoms with E-state index in [0.717, 1.165) is 5.56 Å². The maximum Gasteiger partial charge on any atom is 0.266 e. The molecule has 3 aromatic rings. The summed E-state index contributed by atoms with van der Waals surface area (Å²) >= 11 is 4.63. The summed E-state index contributed by atoms with van der Waals surface area (Å²) in [6.45, 7) is 3.93. The Bertz CT molecular complexity index is 1800. The molecular weight excluding hydrogens is 601 g/mol. The Balaban J connectivity index is 1.56. The van der Waals surface area contributed by atoms with Crippen molar-refractivity contribution in [3.8, 4) is 5.75 Å². The highest BCUT2D eigenvalue weighted by molar-refractivity contribution is 7.93. The van der Waals surface area contributed by atoms with Gasteiger partial charge in [0.1, 0.15) is 17.5 Å². The number of carbonyl (C=O) groups is 2. The molecule has 3 aliphatic heterocycles. The van der Waals surface area contributed by atoms with E-state index in [2.05, 4.69) is 22.7 Å². The second kappa shape index (κ2) is 10.5. The van der Waals surface area contributed by atoms with Gasteiger partial charge in [-0.25, -0.2) is 12.7 Å². The number of hydrogen-bond acceptors (Lipinski definition) is 7. The Hall–Kier alpha value is -4.19. The molecule has 13 heteroatoms. The van der Waals surface area contributed by atoms with Gasteiger partial charge in [-0.1, -0.05) is 53.6 Å². The fourth-order valence-electron chi connectivity index (χ4n) is 6.96. The second-order valence-corrected chi connectivity index (χ2v) is 14.4. The van der Waals surface area contributed by atoms with E-state index in [1.54, 1.807) is 63.4 Å². The summed E-state index contributed by atoms with van der Waals surface area (Å²) in [5, 5.41) is 3.52. The first-order valence-corrected chi connectivity index (χ1v) is 16.1. The molecule has 228 valence electrons. The lowest BCUT2D eigenvalue weighted by atomic mass is 9.70.